The number of rotatable bonds is 3. The first-order chi connectivity index (χ1) is 10.1. The molecule has 0 aliphatic heterocycles. The molecule has 0 amide bonds. The van der Waals surface area contributed by atoms with Crippen LogP contribution in [0.15, 0.2) is 46.9 Å². The molecule has 0 fully saturated rings. The van der Waals surface area contributed by atoms with Crippen LogP contribution in [0.25, 0.3) is 11.0 Å². The summed E-state index contributed by atoms with van der Waals surface area (Å²) in [5.74, 6) is 0.907. The number of phenols is 1. The molecule has 1 N–H and O–H groups in total. The summed E-state index contributed by atoms with van der Waals surface area (Å²) in [6, 6.07) is 11.6. The van der Waals surface area contributed by atoms with Crippen LogP contribution in [0, 0.1) is 6.92 Å². The third-order valence-electron chi connectivity index (χ3n) is 3.48. The zero-order valence-corrected chi connectivity index (χ0v) is 11.7. The Labute approximate surface area is 121 Å². The van der Waals surface area contributed by atoms with Crippen LogP contribution in [0.2, 0.25) is 0 Å². The van der Waals surface area contributed by atoms with Crippen LogP contribution >= 0.6 is 0 Å². The van der Waals surface area contributed by atoms with E-state index in [9.17, 15) is 9.90 Å². The molecule has 106 valence electrons. The fraction of sp³-hybridized carbons (Fsp3) is 0.118. The lowest BCUT2D eigenvalue weighted by molar-refractivity contribution is 0.101. The van der Waals surface area contributed by atoms with Gasteiger partial charge in [0, 0.05) is 22.6 Å². The number of aryl methyl sites for hydroxylation is 1. The van der Waals surface area contributed by atoms with Crippen molar-refractivity contribution < 1.29 is 19.1 Å². The quantitative estimate of drug-likeness (QED) is 0.744. The van der Waals surface area contributed by atoms with E-state index in [4.69, 9.17) is 9.15 Å². The van der Waals surface area contributed by atoms with Gasteiger partial charge in [-0.2, -0.15) is 0 Å². The lowest BCUT2D eigenvalue weighted by Gasteiger charge is -1.99. The van der Waals surface area contributed by atoms with E-state index in [0.29, 0.717) is 22.7 Å². The molecular weight excluding hydrogens is 268 g/mol. The van der Waals surface area contributed by atoms with Crippen molar-refractivity contribution in [1.82, 2.24) is 0 Å². The van der Waals surface area contributed by atoms with Gasteiger partial charge in [0.1, 0.15) is 17.1 Å². The summed E-state index contributed by atoms with van der Waals surface area (Å²) < 4.78 is 10.9. The molecule has 0 aliphatic carbocycles. The molecule has 0 bridgehead atoms. The number of ketones is 1. The van der Waals surface area contributed by atoms with Crippen LogP contribution in [0.1, 0.15) is 21.7 Å². The van der Waals surface area contributed by atoms with E-state index < -0.39 is 0 Å². The Hall–Kier alpha value is -2.75. The van der Waals surface area contributed by atoms with Gasteiger partial charge in [-0.15, -0.1) is 0 Å². The number of methoxy groups -OCH3 is 1. The van der Waals surface area contributed by atoms with Crippen LogP contribution in [0.4, 0.5) is 0 Å². The van der Waals surface area contributed by atoms with Crippen molar-refractivity contribution in [2.75, 3.05) is 7.11 Å². The van der Waals surface area contributed by atoms with Crippen LogP contribution in [-0.2, 0) is 0 Å². The highest BCUT2D eigenvalue weighted by Crippen LogP contribution is 2.30. The first kappa shape index (κ1) is 13.2. The molecule has 21 heavy (non-hydrogen) atoms. The average Bonchev–Trinajstić information content (AvgIpc) is 2.83. The van der Waals surface area contributed by atoms with Gasteiger partial charge in [0.05, 0.1) is 7.11 Å². The molecule has 2 aromatic carbocycles. The van der Waals surface area contributed by atoms with Crippen LogP contribution in [-0.4, -0.2) is 18.0 Å². The fourth-order valence-corrected chi connectivity index (χ4v) is 2.29. The Morgan fingerprint density at radius 1 is 1.14 bits per heavy atom. The number of ether oxygens (including phenoxy) is 1. The molecule has 0 unspecified atom stereocenters. The van der Waals surface area contributed by atoms with Gasteiger partial charge in [0.15, 0.2) is 5.76 Å². The maximum atomic E-state index is 12.5. The molecule has 4 heteroatoms. The lowest BCUT2D eigenvalue weighted by Crippen LogP contribution is -2.00. The van der Waals surface area contributed by atoms with Crippen molar-refractivity contribution in [3.63, 3.8) is 0 Å². The van der Waals surface area contributed by atoms with Crippen LogP contribution in [0.3, 0.4) is 0 Å². The van der Waals surface area contributed by atoms with Gasteiger partial charge >= 0.3 is 0 Å². The van der Waals surface area contributed by atoms with E-state index in [-0.39, 0.29) is 11.5 Å². The van der Waals surface area contributed by atoms with Gasteiger partial charge in [-0.25, -0.2) is 0 Å². The second-order valence-corrected chi connectivity index (χ2v) is 4.79. The van der Waals surface area contributed by atoms with Crippen molar-refractivity contribution in [3.05, 3.63) is 59.4 Å². The first-order valence-electron chi connectivity index (χ1n) is 6.51. The molecule has 0 aliphatic rings. The van der Waals surface area contributed by atoms with E-state index in [2.05, 4.69) is 0 Å². The smallest absolute Gasteiger partial charge is 0.228 e. The second-order valence-electron chi connectivity index (χ2n) is 4.79. The number of phenolic OH excluding ortho intramolecular Hbond substituents is 1. The Bertz CT molecular complexity index is 813. The highest BCUT2D eigenvalue weighted by Gasteiger charge is 2.19. The van der Waals surface area contributed by atoms with Crippen molar-refractivity contribution >= 4 is 16.8 Å². The maximum Gasteiger partial charge on any atom is 0.228 e. The zero-order valence-electron chi connectivity index (χ0n) is 11.7. The topological polar surface area (TPSA) is 59.7 Å². The number of aromatic hydroxyl groups is 1. The normalized spacial score (nSPS) is 10.8. The monoisotopic (exact) mass is 282 g/mol. The minimum atomic E-state index is -0.206. The minimum absolute atomic E-state index is 0.123. The predicted molar refractivity (Wildman–Crippen MR) is 79.0 cm³/mol. The number of furan rings is 1. The van der Waals surface area contributed by atoms with Crippen LogP contribution in [0.5, 0.6) is 11.5 Å². The molecule has 0 atom stereocenters. The summed E-state index contributed by atoms with van der Waals surface area (Å²) >= 11 is 0. The number of fused-ring (bicyclic) bond motifs is 1. The van der Waals surface area contributed by atoms with Crippen molar-refractivity contribution in [2.45, 2.75) is 6.92 Å². The fourth-order valence-electron chi connectivity index (χ4n) is 2.29. The molecule has 1 aromatic heterocycles. The largest absolute Gasteiger partial charge is 0.508 e. The van der Waals surface area contributed by atoms with Gasteiger partial charge in [-0.3, -0.25) is 4.79 Å². The van der Waals surface area contributed by atoms with E-state index in [1.165, 1.54) is 12.1 Å². The standard InChI is InChI=1S/C17H14O4/c1-10-14-8-7-13(20-2)9-15(14)21-17(10)16(19)11-3-5-12(18)6-4-11/h3-9,18H,1-2H3. The lowest BCUT2D eigenvalue weighted by atomic mass is 10.0. The minimum Gasteiger partial charge on any atom is -0.508 e. The van der Waals surface area contributed by atoms with Crippen LogP contribution < -0.4 is 4.74 Å². The number of carbonyl (C=O) groups excluding carboxylic acids is 1. The van der Waals surface area contributed by atoms with Gasteiger partial charge in [-0.05, 0) is 43.3 Å². The maximum absolute atomic E-state index is 12.5. The van der Waals surface area contributed by atoms with Crippen molar-refractivity contribution in [1.29, 1.82) is 0 Å². The molecule has 3 rings (SSSR count). The molecule has 0 saturated carbocycles. The summed E-state index contributed by atoms with van der Waals surface area (Å²) in [4.78, 5) is 12.5. The Morgan fingerprint density at radius 2 is 1.86 bits per heavy atom. The van der Waals surface area contributed by atoms with Gasteiger partial charge < -0.3 is 14.3 Å². The van der Waals surface area contributed by atoms with Crippen molar-refractivity contribution in [3.8, 4) is 11.5 Å². The van der Waals surface area contributed by atoms with E-state index in [1.807, 2.05) is 19.1 Å². The molecule has 3 aromatic rings. The number of hydrogen-bond donors (Lipinski definition) is 1. The Morgan fingerprint density at radius 3 is 2.52 bits per heavy atom. The summed E-state index contributed by atoms with van der Waals surface area (Å²) in [6.45, 7) is 1.85. The summed E-state index contributed by atoms with van der Waals surface area (Å²) in [5, 5.41) is 10.2. The highest BCUT2D eigenvalue weighted by atomic mass is 16.5. The van der Waals surface area contributed by atoms with E-state index >= 15 is 0 Å². The molecular formula is C17H14O4. The summed E-state index contributed by atoms with van der Waals surface area (Å²) in [5.41, 5.74) is 1.89. The van der Waals surface area contributed by atoms with Crippen molar-refractivity contribution in [2.24, 2.45) is 0 Å². The van der Waals surface area contributed by atoms with Gasteiger partial charge in [0.2, 0.25) is 5.78 Å². The molecule has 0 saturated heterocycles. The molecule has 1 heterocycles. The third kappa shape index (κ3) is 2.25. The van der Waals surface area contributed by atoms with E-state index in [1.54, 1.807) is 25.3 Å². The Balaban J connectivity index is 2.09. The van der Waals surface area contributed by atoms with Gasteiger partial charge in [0.25, 0.3) is 0 Å². The summed E-state index contributed by atoms with van der Waals surface area (Å²) in [6.07, 6.45) is 0. The third-order valence-corrected chi connectivity index (χ3v) is 3.48. The number of hydrogen-bond acceptors (Lipinski definition) is 4. The number of carbonyl (C=O) groups is 1. The SMILES string of the molecule is COc1ccc2c(C)c(C(=O)c3ccc(O)cc3)oc2c1. The second kappa shape index (κ2) is 4.98. The highest BCUT2D eigenvalue weighted by molar-refractivity contribution is 6.10. The zero-order chi connectivity index (χ0) is 15.0. The summed E-state index contributed by atoms with van der Waals surface area (Å²) in [7, 11) is 1.58. The average molecular weight is 282 g/mol. The molecule has 0 radical (unpaired) electrons. The van der Waals surface area contributed by atoms with E-state index in [0.717, 1.165) is 10.9 Å². The Kier molecular flexibility index (Phi) is 3.14. The molecule has 4 nitrogen and oxygen atoms in total. The first-order valence-corrected chi connectivity index (χ1v) is 6.51. The van der Waals surface area contributed by atoms with Gasteiger partial charge in [-0.1, -0.05) is 0 Å². The molecule has 0 spiro atoms. The predicted octanol–water partition coefficient (Wildman–Crippen LogP) is 3.69. The number of benzene rings is 2.